The number of rotatable bonds is 5. The van der Waals surface area contributed by atoms with E-state index in [-0.39, 0.29) is 24.8 Å². The van der Waals surface area contributed by atoms with Gasteiger partial charge in [-0.15, -0.1) is 0 Å². The first-order chi connectivity index (χ1) is 13.6. The normalized spacial score (nSPS) is 10.9. The molecule has 28 heavy (non-hydrogen) atoms. The van der Waals surface area contributed by atoms with E-state index in [0.29, 0.717) is 5.69 Å². The largest absolute Gasteiger partial charge is 0.464 e. The second-order valence-corrected chi connectivity index (χ2v) is 6.76. The van der Waals surface area contributed by atoms with E-state index in [1.807, 2.05) is 66.7 Å². The van der Waals surface area contributed by atoms with Gasteiger partial charge in [0.2, 0.25) is 11.8 Å². The first-order valence-corrected chi connectivity index (χ1v) is 9.08. The molecule has 5 heteroatoms. The van der Waals surface area contributed by atoms with Crippen LogP contribution in [0.3, 0.4) is 0 Å². The molecule has 1 aromatic heterocycles. The molecule has 4 rings (SSSR count). The molecule has 0 spiro atoms. The van der Waals surface area contributed by atoms with Gasteiger partial charge >= 0.3 is 0 Å². The lowest BCUT2D eigenvalue weighted by Gasteiger charge is -2.16. The van der Waals surface area contributed by atoms with Crippen LogP contribution in [0.25, 0.3) is 21.7 Å². The van der Waals surface area contributed by atoms with E-state index in [4.69, 9.17) is 4.42 Å². The number of hydrogen-bond acceptors (Lipinski definition) is 3. The topological polar surface area (TPSA) is 62.6 Å². The molecule has 5 nitrogen and oxygen atoms in total. The zero-order valence-corrected chi connectivity index (χ0v) is 15.5. The molecule has 0 aliphatic heterocycles. The van der Waals surface area contributed by atoms with E-state index in [9.17, 15) is 9.59 Å². The smallest absolute Gasteiger partial charge is 0.243 e. The minimum absolute atomic E-state index is 0.00966. The van der Waals surface area contributed by atoms with Gasteiger partial charge in [0.25, 0.3) is 0 Å². The lowest BCUT2D eigenvalue weighted by atomic mass is 10.0. The van der Waals surface area contributed by atoms with Crippen molar-refractivity contribution in [3.05, 3.63) is 78.6 Å². The SMILES string of the molecule is CN(CC(=O)Nc1ccccc1)C(=O)Cc1coc2ccc3ccccc3c12. The molecule has 0 aliphatic rings. The molecule has 0 saturated heterocycles. The molecule has 0 bridgehead atoms. The summed E-state index contributed by atoms with van der Waals surface area (Å²) in [7, 11) is 1.63. The third-order valence-corrected chi connectivity index (χ3v) is 4.75. The van der Waals surface area contributed by atoms with Crippen LogP contribution in [0, 0.1) is 0 Å². The Morgan fingerprint density at radius 1 is 0.964 bits per heavy atom. The summed E-state index contributed by atoms with van der Waals surface area (Å²) < 4.78 is 5.65. The number of furan rings is 1. The van der Waals surface area contributed by atoms with Crippen molar-refractivity contribution in [1.29, 1.82) is 0 Å². The van der Waals surface area contributed by atoms with Gasteiger partial charge in [0.1, 0.15) is 5.58 Å². The van der Waals surface area contributed by atoms with Gasteiger partial charge in [0, 0.05) is 23.7 Å². The van der Waals surface area contributed by atoms with Gasteiger partial charge in [-0.1, -0.05) is 48.5 Å². The number of amides is 2. The summed E-state index contributed by atoms with van der Waals surface area (Å²) in [6.07, 6.45) is 1.81. The lowest BCUT2D eigenvalue weighted by molar-refractivity contribution is -0.132. The zero-order valence-electron chi connectivity index (χ0n) is 15.5. The predicted molar refractivity (Wildman–Crippen MR) is 110 cm³/mol. The molecule has 0 unspecified atom stereocenters. The Bertz CT molecular complexity index is 1150. The maximum Gasteiger partial charge on any atom is 0.243 e. The van der Waals surface area contributed by atoms with Crippen LogP contribution in [0.4, 0.5) is 5.69 Å². The third kappa shape index (κ3) is 3.60. The summed E-state index contributed by atoms with van der Waals surface area (Å²) in [6, 6.07) is 21.1. The number of nitrogens with one attached hydrogen (secondary N) is 1. The molecule has 4 aromatic rings. The molecule has 1 heterocycles. The maximum absolute atomic E-state index is 12.7. The number of nitrogens with zero attached hydrogens (tertiary/aromatic N) is 1. The van der Waals surface area contributed by atoms with Gasteiger partial charge in [-0.25, -0.2) is 0 Å². The highest BCUT2D eigenvalue weighted by molar-refractivity contribution is 6.08. The van der Waals surface area contributed by atoms with Crippen LogP contribution in [-0.4, -0.2) is 30.3 Å². The highest BCUT2D eigenvalue weighted by atomic mass is 16.3. The van der Waals surface area contributed by atoms with E-state index < -0.39 is 0 Å². The van der Waals surface area contributed by atoms with Gasteiger partial charge in [-0.2, -0.15) is 0 Å². The van der Waals surface area contributed by atoms with Crippen molar-refractivity contribution >= 4 is 39.2 Å². The Morgan fingerprint density at radius 3 is 2.54 bits per heavy atom. The molecular formula is C23H20N2O3. The number of carbonyl (C=O) groups excluding carboxylic acids is 2. The van der Waals surface area contributed by atoms with Gasteiger partial charge < -0.3 is 14.6 Å². The Kier molecular flexibility index (Phi) is 4.81. The average Bonchev–Trinajstić information content (AvgIpc) is 3.12. The van der Waals surface area contributed by atoms with Crippen molar-refractivity contribution in [3.63, 3.8) is 0 Å². The van der Waals surface area contributed by atoms with Crippen molar-refractivity contribution in [2.45, 2.75) is 6.42 Å². The fraction of sp³-hybridized carbons (Fsp3) is 0.130. The van der Waals surface area contributed by atoms with Crippen LogP contribution in [-0.2, 0) is 16.0 Å². The van der Waals surface area contributed by atoms with E-state index in [1.54, 1.807) is 13.3 Å². The molecule has 0 atom stereocenters. The number of fused-ring (bicyclic) bond motifs is 3. The quantitative estimate of drug-likeness (QED) is 0.570. The zero-order chi connectivity index (χ0) is 19.5. The Hall–Kier alpha value is -3.60. The second kappa shape index (κ2) is 7.56. The first-order valence-electron chi connectivity index (χ1n) is 9.08. The fourth-order valence-electron chi connectivity index (χ4n) is 3.33. The average molecular weight is 372 g/mol. The number of anilines is 1. The first kappa shape index (κ1) is 17.8. The van der Waals surface area contributed by atoms with Gasteiger partial charge in [0.15, 0.2) is 0 Å². The summed E-state index contributed by atoms with van der Waals surface area (Å²) in [5, 5.41) is 5.90. The molecule has 0 aliphatic carbocycles. The van der Waals surface area contributed by atoms with E-state index in [2.05, 4.69) is 5.32 Å². The van der Waals surface area contributed by atoms with E-state index >= 15 is 0 Å². The minimum Gasteiger partial charge on any atom is -0.464 e. The fourth-order valence-corrected chi connectivity index (χ4v) is 3.33. The monoisotopic (exact) mass is 372 g/mol. The maximum atomic E-state index is 12.7. The van der Waals surface area contributed by atoms with Crippen LogP contribution in [0.1, 0.15) is 5.56 Å². The number of para-hydroxylation sites is 1. The second-order valence-electron chi connectivity index (χ2n) is 6.76. The molecule has 0 radical (unpaired) electrons. The van der Waals surface area contributed by atoms with Gasteiger partial charge in [-0.3, -0.25) is 9.59 Å². The molecule has 1 N–H and O–H groups in total. The molecule has 0 fully saturated rings. The number of benzene rings is 3. The summed E-state index contributed by atoms with van der Waals surface area (Å²) >= 11 is 0. The summed E-state index contributed by atoms with van der Waals surface area (Å²) in [5.74, 6) is -0.372. The summed E-state index contributed by atoms with van der Waals surface area (Å²) in [6.45, 7) is -0.00966. The Morgan fingerprint density at radius 2 is 1.71 bits per heavy atom. The summed E-state index contributed by atoms with van der Waals surface area (Å²) in [4.78, 5) is 26.3. The molecule has 0 saturated carbocycles. The number of hydrogen-bond donors (Lipinski definition) is 1. The van der Waals surface area contributed by atoms with Crippen LogP contribution in [0.5, 0.6) is 0 Å². The van der Waals surface area contributed by atoms with Gasteiger partial charge in [0.05, 0.1) is 19.2 Å². The number of carbonyl (C=O) groups is 2. The molecular weight excluding hydrogens is 352 g/mol. The lowest BCUT2D eigenvalue weighted by Crippen LogP contribution is -2.35. The molecule has 3 aromatic carbocycles. The number of likely N-dealkylation sites (N-methyl/N-ethyl adjacent to an activating group) is 1. The van der Waals surface area contributed by atoms with Gasteiger partial charge in [-0.05, 0) is 29.0 Å². The highest BCUT2D eigenvalue weighted by Crippen LogP contribution is 2.30. The Balaban J connectivity index is 1.49. The van der Waals surface area contributed by atoms with Crippen molar-refractivity contribution in [2.75, 3.05) is 18.9 Å². The molecule has 140 valence electrons. The highest BCUT2D eigenvalue weighted by Gasteiger charge is 2.17. The van der Waals surface area contributed by atoms with Crippen LogP contribution < -0.4 is 5.32 Å². The third-order valence-electron chi connectivity index (χ3n) is 4.75. The standard InChI is InChI=1S/C23H20N2O3/c1-25(14-21(26)24-18-8-3-2-4-9-18)22(27)13-17-15-28-20-12-11-16-7-5-6-10-19(16)23(17)20/h2-12,15H,13-14H2,1H3,(H,24,26). The van der Waals surface area contributed by atoms with Crippen LogP contribution >= 0.6 is 0 Å². The predicted octanol–water partition coefficient (Wildman–Crippen LogP) is 4.23. The Labute approximate surface area is 162 Å². The van der Waals surface area contributed by atoms with Crippen LogP contribution in [0.2, 0.25) is 0 Å². The van der Waals surface area contributed by atoms with Crippen molar-refractivity contribution in [2.24, 2.45) is 0 Å². The van der Waals surface area contributed by atoms with Crippen molar-refractivity contribution in [3.8, 4) is 0 Å². The van der Waals surface area contributed by atoms with Crippen LogP contribution in [0.15, 0.2) is 77.4 Å². The molecule has 2 amide bonds. The minimum atomic E-state index is -0.232. The van der Waals surface area contributed by atoms with E-state index in [1.165, 1.54) is 4.90 Å². The van der Waals surface area contributed by atoms with Crippen molar-refractivity contribution < 1.29 is 14.0 Å². The van der Waals surface area contributed by atoms with Crippen molar-refractivity contribution in [1.82, 2.24) is 4.90 Å². The van der Waals surface area contributed by atoms with E-state index in [0.717, 1.165) is 27.3 Å². The summed E-state index contributed by atoms with van der Waals surface area (Å²) in [5.41, 5.74) is 2.29.